The van der Waals surface area contributed by atoms with Crippen molar-refractivity contribution in [2.45, 2.75) is 38.1 Å². The van der Waals surface area contributed by atoms with Crippen molar-refractivity contribution < 1.29 is 17.9 Å². The Hall–Kier alpha value is -1.93. The number of pyridine rings is 1. The molecule has 2 fully saturated rings. The first kappa shape index (κ1) is 18.4. The maximum Gasteiger partial charge on any atom is 0.339 e. The lowest BCUT2D eigenvalue weighted by molar-refractivity contribution is 0.0548. The summed E-state index contributed by atoms with van der Waals surface area (Å²) in [6.07, 6.45) is 2.55. The molecule has 1 aliphatic heterocycles. The van der Waals surface area contributed by atoms with E-state index in [9.17, 15) is 13.2 Å². The molecule has 27 heavy (non-hydrogen) atoms. The zero-order chi connectivity index (χ0) is 19.3. The number of carbonyl (C=O) groups is 1. The van der Waals surface area contributed by atoms with Gasteiger partial charge in [0, 0.05) is 16.6 Å². The summed E-state index contributed by atoms with van der Waals surface area (Å²) in [4.78, 5) is 17.4. The van der Waals surface area contributed by atoms with Crippen molar-refractivity contribution in [3.63, 3.8) is 0 Å². The maximum absolute atomic E-state index is 12.7. The minimum Gasteiger partial charge on any atom is -0.456 e. The Balaban J connectivity index is 1.83. The molecule has 4 rings (SSSR count). The molecular formula is C18H20ClN3O4S. The Bertz CT molecular complexity index is 1060. The highest BCUT2D eigenvalue weighted by atomic mass is 35.5. The number of aryl methyl sites for hydroxylation is 1. The van der Waals surface area contributed by atoms with Crippen LogP contribution >= 0.6 is 11.6 Å². The molecule has 3 heterocycles. The van der Waals surface area contributed by atoms with Gasteiger partial charge in [-0.1, -0.05) is 18.2 Å². The van der Waals surface area contributed by atoms with E-state index in [4.69, 9.17) is 21.3 Å². The van der Waals surface area contributed by atoms with Gasteiger partial charge in [-0.3, -0.25) is 0 Å². The van der Waals surface area contributed by atoms with Crippen LogP contribution in [0.1, 0.15) is 53.0 Å². The van der Waals surface area contributed by atoms with Crippen LogP contribution in [-0.4, -0.2) is 47.3 Å². The summed E-state index contributed by atoms with van der Waals surface area (Å²) in [5.74, 6) is 0.00468. The molecule has 1 saturated heterocycles. The van der Waals surface area contributed by atoms with Crippen LogP contribution < -0.4 is 0 Å². The van der Waals surface area contributed by atoms with Crippen LogP contribution in [0.5, 0.6) is 0 Å². The summed E-state index contributed by atoms with van der Waals surface area (Å²) < 4.78 is 30.7. The van der Waals surface area contributed by atoms with Gasteiger partial charge in [-0.25, -0.2) is 22.9 Å². The first-order valence-electron chi connectivity index (χ1n) is 8.86. The number of ether oxygens (including phenoxy) is 1. The molecule has 2 aromatic heterocycles. The summed E-state index contributed by atoms with van der Waals surface area (Å²) in [7, 11) is -3.07. The number of sulfone groups is 1. The molecule has 2 aromatic rings. The quantitative estimate of drug-likeness (QED) is 0.705. The minimum absolute atomic E-state index is 0.0460. The molecular weight excluding hydrogens is 390 g/mol. The number of nitrogens with zero attached hydrogens (tertiary/aromatic N) is 3. The second-order valence-electron chi connectivity index (χ2n) is 7.25. The fraction of sp³-hybridized carbons (Fsp3) is 0.500. The summed E-state index contributed by atoms with van der Waals surface area (Å²) in [6.45, 7) is 5.25. The van der Waals surface area contributed by atoms with Gasteiger partial charge in [0.05, 0.1) is 34.2 Å². The van der Waals surface area contributed by atoms with Crippen LogP contribution in [0.3, 0.4) is 0 Å². The Morgan fingerprint density at radius 3 is 2.74 bits per heavy atom. The molecule has 1 atom stereocenters. The molecule has 0 radical (unpaired) electrons. The van der Waals surface area contributed by atoms with E-state index in [1.165, 1.54) is 0 Å². The fourth-order valence-electron chi connectivity index (χ4n) is 3.53. The third-order valence-electron chi connectivity index (χ3n) is 4.99. The molecule has 0 spiro atoms. The van der Waals surface area contributed by atoms with Gasteiger partial charge >= 0.3 is 5.97 Å². The topological polar surface area (TPSA) is 91.2 Å². The molecule has 0 amide bonds. The van der Waals surface area contributed by atoms with Crippen molar-refractivity contribution in [1.82, 2.24) is 14.8 Å². The highest BCUT2D eigenvalue weighted by Crippen LogP contribution is 2.41. The van der Waals surface area contributed by atoms with Crippen molar-refractivity contribution in [1.29, 1.82) is 0 Å². The fourth-order valence-corrected chi connectivity index (χ4v) is 5.27. The number of aromatic nitrogens is 3. The Morgan fingerprint density at radius 2 is 2.15 bits per heavy atom. The van der Waals surface area contributed by atoms with Gasteiger partial charge in [0.1, 0.15) is 6.61 Å². The lowest BCUT2D eigenvalue weighted by Crippen LogP contribution is -2.14. The van der Waals surface area contributed by atoms with Crippen LogP contribution in [0.2, 0.25) is 0 Å². The van der Waals surface area contributed by atoms with Crippen LogP contribution in [-0.2, 0) is 14.6 Å². The van der Waals surface area contributed by atoms with Gasteiger partial charge in [-0.15, -0.1) is 0 Å². The third kappa shape index (κ3) is 3.60. The minimum atomic E-state index is -3.07. The van der Waals surface area contributed by atoms with E-state index < -0.39 is 15.8 Å². The third-order valence-corrected chi connectivity index (χ3v) is 6.85. The van der Waals surface area contributed by atoms with Gasteiger partial charge in [0.2, 0.25) is 0 Å². The number of hydrogen-bond acceptors (Lipinski definition) is 6. The monoisotopic (exact) mass is 409 g/mol. The first-order valence-corrected chi connectivity index (χ1v) is 11.1. The van der Waals surface area contributed by atoms with Crippen LogP contribution in [0.15, 0.2) is 17.7 Å². The Kier molecular flexibility index (Phi) is 4.50. The zero-order valence-electron chi connectivity index (χ0n) is 14.9. The number of hydrogen-bond donors (Lipinski definition) is 0. The normalized spacial score (nSPS) is 21.5. The molecule has 1 saturated carbocycles. The molecule has 0 N–H and O–H groups in total. The molecule has 2 aliphatic rings. The summed E-state index contributed by atoms with van der Waals surface area (Å²) >= 11 is 5.71. The van der Waals surface area contributed by atoms with Crippen molar-refractivity contribution in [3.05, 3.63) is 34.6 Å². The second kappa shape index (κ2) is 6.60. The molecule has 7 nitrogen and oxygen atoms in total. The van der Waals surface area contributed by atoms with E-state index in [0.717, 1.165) is 18.5 Å². The molecule has 1 aliphatic carbocycles. The van der Waals surface area contributed by atoms with Crippen molar-refractivity contribution in [2.24, 2.45) is 0 Å². The van der Waals surface area contributed by atoms with E-state index in [-0.39, 0.29) is 29.2 Å². The van der Waals surface area contributed by atoms with Crippen LogP contribution in [0.25, 0.3) is 11.0 Å². The Morgan fingerprint density at radius 1 is 1.41 bits per heavy atom. The molecule has 1 unspecified atom stereocenters. The van der Waals surface area contributed by atoms with Crippen molar-refractivity contribution in [2.75, 3.05) is 18.1 Å². The summed E-state index contributed by atoms with van der Waals surface area (Å²) in [6, 6.07) is 1.50. The number of fused-ring (bicyclic) bond motifs is 1. The Labute approximate surface area is 162 Å². The number of carbonyl (C=O) groups excluding carboxylic acids is 1. The summed E-state index contributed by atoms with van der Waals surface area (Å²) in [5.41, 5.74) is 2.39. The lowest BCUT2D eigenvalue weighted by Gasteiger charge is -2.11. The first-order chi connectivity index (χ1) is 12.7. The van der Waals surface area contributed by atoms with E-state index in [0.29, 0.717) is 34.6 Å². The number of halogens is 1. The highest BCUT2D eigenvalue weighted by molar-refractivity contribution is 7.91. The van der Waals surface area contributed by atoms with Crippen molar-refractivity contribution >= 4 is 38.4 Å². The van der Waals surface area contributed by atoms with E-state index in [1.807, 2.05) is 0 Å². The van der Waals surface area contributed by atoms with Crippen LogP contribution in [0, 0.1) is 6.92 Å². The lowest BCUT2D eigenvalue weighted by atomic mass is 10.1. The number of rotatable bonds is 5. The second-order valence-corrected chi connectivity index (χ2v) is 10.0. The summed E-state index contributed by atoms with van der Waals surface area (Å²) in [5, 5.41) is 5.38. The van der Waals surface area contributed by atoms with E-state index >= 15 is 0 Å². The van der Waals surface area contributed by atoms with Crippen molar-refractivity contribution in [3.8, 4) is 0 Å². The number of esters is 1. The van der Waals surface area contributed by atoms with E-state index in [2.05, 4.69) is 11.7 Å². The standard InChI is InChI=1S/C18H20ClN3O4S/c1-10(19)8-26-18(23)14-7-15(12-3-4-12)20-17-16(14)11(2)21-22(17)13-5-6-27(24,25)9-13/h7,12-13H,1,3-6,8-9H2,2H3. The average Bonchev–Trinajstić information content (AvgIpc) is 3.32. The SMILES string of the molecule is C=C(Cl)COC(=O)c1cc(C2CC2)nc2c1c(C)nn2C1CCS(=O)(=O)C1. The van der Waals surface area contributed by atoms with Gasteiger partial charge < -0.3 is 4.74 Å². The zero-order valence-corrected chi connectivity index (χ0v) is 16.5. The largest absolute Gasteiger partial charge is 0.456 e. The predicted molar refractivity (Wildman–Crippen MR) is 102 cm³/mol. The molecule has 9 heteroatoms. The maximum atomic E-state index is 12.7. The molecule has 0 aromatic carbocycles. The molecule has 144 valence electrons. The van der Waals surface area contributed by atoms with Gasteiger partial charge in [-0.05, 0) is 32.3 Å². The van der Waals surface area contributed by atoms with Gasteiger partial charge in [0.25, 0.3) is 0 Å². The van der Waals surface area contributed by atoms with E-state index in [1.54, 1.807) is 17.7 Å². The van der Waals surface area contributed by atoms with Gasteiger partial charge in [0.15, 0.2) is 15.5 Å². The van der Waals surface area contributed by atoms with Gasteiger partial charge in [-0.2, -0.15) is 5.10 Å². The average molecular weight is 410 g/mol. The predicted octanol–water partition coefficient (Wildman–Crippen LogP) is 2.89. The van der Waals surface area contributed by atoms with Crippen LogP contribution in [0.4, 0.5) is 0 Å². The molecule has 0 bridgehead atoms. The highest BCUT2D eigenvalue weighted by Gasteiger charge is 2.34. The smallest absolute Gasteiger partial charge is 0.339 e.